The number of hydrogen-bond donors (Lipinski definition) is 1. The minimum atomic E-state index is -0.0897. The van der Waals surface area contributed by atoms with Gasteiger partial charge in [0.1, 0.15) is 0 Å². The Morgan fingerprint density at radius 2 is 2.17 bits per heavy atom. The second kappa shape index (κ2) is 5.29. The summed E-state index contributed by atoms with van der Waals surface area (Å²) in [5, 5.41) is 12.2. The van der Waals surface area contributed by atoms with Crippen LogP contribution in [0.15, 0.2) is 5.16 Å². The highest BCUT2D eigenvalue weighted by Gasteiger charge is 2.43. The van der Waals surface area contributed by atoms with Crippen molar-refractivity contribution in [1.29, 1.82) is 0 Å². The molecule has 2 fully saturated rings. The molecule has 0 spiro atoms. The largest absolute Gasteiger partial charge is 0.411 e. The predicted octanol–water partition coefficient (Wildman–Crippen LogP) is 2.66. The average molecular weight is 252 g/mol. The van der Waals surface area contributed by atoms with Gasteiger partial charge >= 0.3 is 0 Å². The molecular formula is C14H24N2O2. The normalized spacial score (nSPS) is 29.8. The van der Waals surface area contributed by atoms with Crippen molar-refractivity contribution >= 4 is 11.6 Å². The van der Waals surface area contributed by atoms with Crippen molar-refractivity contribution < 1.29 is 10.0 Å². The van der Waals surface area contributed by atoms with Gasteiger partial charge < -0.3 is 10.1 Å². The molecule has 1 unspecified atom stereocenters. The van der Waals surface area contributed by atoms with Gasteiger partial charge in [-0.05, 0) is 19.3 Å². The van der Waals surface area contributed by atoms with Crippen LogP contribution >= 0.6 is 0 Å². The van der Waals surface area contributed by atoms with Gasteiger partial charge in [0.15, 0.2) is 0 Å². The van der Waals surface area contributed by atoms with Crippen LogP contribution in [0, 0.1) is 11.3 Å². The molecule has 1 aliphatic carbocycles. The van der Waals surface area contributed by atoms with Crippen LogP contribution < -0.4 is 0 Å². The molecule has 2 aliphatic rings. The highest BCUT2D eigenvalue weighted by Crippen LogP contribution is 2.42. The summed E-state index contributed by atoms with van der Waals surface area (Å²) in [5.74, 6) is 0.523. The molecule has 1 heterocycles. The standard InChI is InChI=1S/C14H24N2O2/c1-3-14(7-4-5-8-14)13(17)16-9-6-12(15-18)11(2)10-16/h11,18H,3-10H2,1-2H3. The first-order valence-corrected chi connectivity index (χ1v) is 7.13. The van der Waals surface area contributed by atoms with Gasteiger partial charge in [-0.15, -0.1) is 0 Å². The third kappa shape index (κ3) is 2.25. The summed E-state index contributed by atoms with van der Waals surface area (Å²) in [7, 11) is 0. The van der Waals surface area contributed by atoms with Crippen LogP contribution in [-0.4, -0.2) is 34.8 Å². The van der Waals surface area contributed by atoms with E-state index in [1.165, 1.54) is 12.8 Å². The zero-order chi connectivity index (χ0) is 13.2. The van der Waals surface area contributed by atoms with Crippen LogP contribution in [0.4, 0.5) is 0 Å². The van der Waals surface area contributed by atoms with Gasteiger partial charge in [-0.2, -0.15) is 0 Å². The lowest BCUT2D eigenvalue weighted by Gasteiger charge is -2.38. The van der Waals surface area contributed by atoms with E-state index in [4.69, 9.17) is 5.21 Å². The number of rotatable bonds is 2. The lowest BCUT2D eigenvalue weighted by Crippen LogP contribution is -2.49. The molecule has 4 heteroatoms. The number of nitrogens with zero attached hydrogens (tertiary/aromatic N) is 2. The molecule has 2 rings (SSSR count). The Labute approximate surface area is 109 Å². The molecule has 1 aliphatic heterocycles. The van der Waals surface area contributed by atoms with Gasteiger partial charge in [0, 0.05) is 30.8 Å². The fourth-order valence-corrected chi connectivity index (χ4v) is 3.46. The number of piperidine rings is 1. The summed E-state index contributed by atoms with van der Waals surface area (Å²) in [5.41, 5.74) is 0.740. The van der Waals surface area contributed by atoms with Crippen LogP contribution in [0.25, 0.3) is 0 Å². The van der Waals surface area contributed by atoms with Crippen LogP contribution in [-0.2, 0) is 4.79 Å². The maximum atomic E-state index is 12.7. The summed E-state index contributed by atoms with van der Waals surface area (Å²) < 4.78 is 0. The molecule has 0 aromatic rings. The van der Waals surface area contributed by atoms with E-state index in [9.17, 15) is 4.79 Å². The third-order valence-electron chi connectivity index (χ3n) is 4.81. The van der Waals surface area contributed by atoms with Crippen molar-refractivity contribution in [2.24, 2.45) is 16.5 Å². The minimum Gasteiger partial charge on any atom is -0.411 e. The van der Waals surface area contributed by atoms with Gasteiger partial charge in [0.25, 0.3) is 0 Å². The monoisotopic (exact) mass is 252 g/mol. The number of amides is 1. The summed E-state index contributed by atoms with van der Waals surface area (Å²) in [4.78, 5) is 14.7. The molecule has 1 N–H and O–H groups in total. The van der Waals surface area contributed by atoms with E-state index in [2.05, 4.69) is 12.1 Å². The highest BCUT2D eigenvalue weighted by atomic mass is 16.4. The van der Waals surface area contributed by atoms with Gasteiger partial charge in [-0.3, -0.25) is 4.79 Å². The van der Waals surface area contributed by atoms with Crippen molar-refractivity contribution in [3.8, 4) is 0 Å². The highest BCUT2D eigenvalue weighted by molar-refractivity contribution is 5.90. The summed E-state index contributed by atoms with van der Waals surface area (Å²) in [6.45, 7) is 5.59. The predicted molar refractivity (Wildman–Crippen MR) is 70.8 cm³/mol. The molecule has 0 radical (unpaired) electrons. The molecule has 4 nitrogen and oxygen atoms in total. The molecule has 1 saturated carbocycles. The number of carbonyl (C=O) groups excluding carboxylic acids is 1. The molecule has 0 bridgehead atoms. The SMILES string of the molecule is CCC1(C(=O)N2CCC(=NO)C(C)C2)CCCC1. The quantitative estimate of drug-likeness (QED) is 0.607. The Balaban J connectivity index is 2.06. The van der Waals surface area contributed by atoms with Gasteiger partial charge in [-0.25, -0.2) is 0 Å². The second-order valence-electron chi connectivity index (χ2n) is 5.83. The smallest absolute Gasteiger partial charge is 0.228 e. The molecule has 0 aromatic heterocycles. The molecular weight excluding hydrogens is 228 g/mol. The maximum absolute atomic E-state index is 12.7. The summed E-state index contributed by atoms with van der Waals surface area (Å²) >= 11 is 0. The first-order valence-electron chi connectivity index (χ1n) is 7.13. The number of likely N-dealkylation sites (tertiary alicyclic amines) is 1. The molecule has 0 aromatic carbocycles. The van der Waals surface area contributed by atoms with Crippen molar-refractivity contribution in [3.63, 3.8) is 0 Å². The van der Waals surface area contributed by atoms with E-state index in [1.807, 2.05) is 11.8 Å². The van der Waals surface area contributed by atoms with E-state index >= 15 is 0 Å². The van der Waals surface area contributed by atoms with Crippen molar-refractivity contribution in [2.45, 2.75) is 52.4 Å². The lowest BCUT2D eigenvalue weighted by molar-refractivity contribution is -0.142. The van der Waals surface area contributed by atoms with Crippen LogP contribution in [0.3, 0.4) is 0 Å². The number of hydrogen-bond acceptors (Lipinski definition) is 3. The van der Waals surface area contributed by atoms with Crippen LogP contribution in [0.1, 0.15) is 52.4 Å². The summed E-state index contributed by atoms with van der Waals surface area (Å²) in [6, 6.07) is 0. The first kappa shape index (κ1) is 13.4. The third-order valence-corrected chi connectivity index (χ3v) is 4.81. The zero-order valence-electron chi connectivity index (χ0n) is 11.5. The lowest BCUT2D eigenvalue weighted by atomic mass is 9.81. The number of oxime groups is 1. The second-order valence-corrected chi connectivity index (χ2v) is 5.83. The Hall–Kier alpha value is -1.06. The van der Waals surface area contributed by atoms with Crippen molar-refractivity contribution in [3.05, 3.63) is 0 Å². The van der Waals surface area contributed by atoms with Crippen LogP contribution in [0.2, 0.25) is 0 Å². The maximum Gasteiger partial charge on any atom is 0.228 e. The Bertz CT molecular complexity index is 346. The van der Waals surface area contributed by atoms with Crippen LogP contribution in [0.5, 0.6) is 0 Å². The van der Waals surface area contributed by atoms with Crippen molar-refractivity contribution in [2.75, 3.05) is 13.1 Å². The zero-order valence-corrected chi connectivity index (χ0v) is 11.5. The Kier molecular flexibility index (Phi) is 3.93. The first-order chi connectivity index (χ1) is 8.63. The van der Waals surface area contributed by atoms with E-state index in [0.717, 1.165) is 25.0 Å². The average Bonchev–Trinajstić information content (AvgIpc) is 2.87. The van der Waals surface area contributed by atoms with Gasteiger partial charge in [0.2, 0.25) is 5.91 Å². The number of carbonyl (C=O) groups is 1. The van der Waals surface area contributed by atoms with Crippen molar-refractivity contribution in [1.82, 2.24) is 4.90 Å². The Morgan fingerprint density at radius 1 is 1.50 bits per heavy atom. The van der Waals surface area contributed by atoms with E-state index < -0.39 is 0 Å². The molecule has 1 amide bonds. The molecule has 1 saturated heterocycles. The molecule has 1 atom stereocenters. The van der Waals surface area contributed by atoms with Gasteiger partial charge in [-0.1, -0.05) is 31.8 Å². The fourth-order valence-electron chi connectivity index (χ4n) is 3.46. The molecule has 102 valence electrons. The summed E-state index contributed by atoms with van der Waals surface area (Å²) in [6.07, 6.45) is 6.14. The fraction of sp³-hybridized carbons (Fsp3) is 0.857. The van der Waals surface area contributed by atoms with E-state index in [-0.39, 0.29) is 11.3 Å². The topological polar surface area (TPSA) is 52.9 Å². The molecule has 18 heavy (non-hydrogen) atoms. The minimum absolute atomic E-state index is 0.0897. The van der Waals surface area contributed by atoms with E-state index in [1.54, 1.807) is 0 Å². The van der Waals surface area contributed by atoms with Gasteiger partial charge in [0.05, 0.1) is 5.71 Å². The Morgan fingerprint density at radius 3 is 2.67 bits per heavy atom. The van der Waals surface area contributed by atoms with E-state index in [0.29, 0.717) is 25.4 Å².